The highest BCUT2D eigenvalue weighted by Crippen LogP contribution is 2.48. The molecule has 0 radical (unpaired) electrons. The van der Waals surface area contributed by atoms with Crippen molar-refractivity contribution in [3.63, 3.8) is 0 Å². The van der Waals surface area contributed by atoms with Crippen molar-refractivity contribution < 1.29 is 32.7 Å². The summed E-state index contributed by atoms with van der Waals surface area (Å²) in [5, 5.41) is 4.93. The van der Waals surface area contributed by atoms with Gasteiger partial charge in [0.05, 0.1) is 44.0 Å². The molecule has 1 aromatic heterocycles. The average molecular weight is 808 g/mol. The zero-order chi connectivity index (χ0) is 39.4. The molecule has 302 valence electrons. The van der Waals surface area contributed by atoms with Gasteiger partial charge in [0.1, 0.15) is 21.2 Å². The lowest BCUT2D eigenvalue weighted by molar-refractivity contribution is -0.0424. The van der Waals surface area contributed by atoms with Crippen LogP contribution in [0, 0.1) is 29.6 Å². The Morgan fingerprint density at radius 1 is 1.16 bits per heavy atom. The topological polar surface area (TPSA) is 134 Å². The monoisotopic (exact) mass is 807 g/mol. The largest absolute Gasteiger partial charge is 0.490 e. The average Bonchev–Trinajstić information content (AvgIpc) is 3.72. The summed E-state index contributed by atoms with van der Waals surface area (Å²) in [6, 6.07) is 11.6. The number of halogens is 1. The van der Waals surface area contributed by atoms with Gasteiger partial charge in [-0.25, -0.2) is 4.21 Å². The molecule has 5 aliphatic rings. The Morgan fingerprint density at radius 3 is 2.75 bits per heavy atom. The quantitative estimate of drug-likeness (QED) is 0.302. The molecule has 14 heteroatoms. The number of ether oxygens (including phenoxy) is 4. The molecule has 2 unspecified atom stereocenters. The number of hydrogen-bond donors (Lipinski definition) is 1. The van der Waals surface area contributed by atoms with Crippen LogP contribution in [0.2, 0.25) is 5.02 Å². The maximum Gasteiger partial charge on any atom is 0.286 e. The fourth-order valence-corrected chi connectivity index (χ4v) is 12.4. The number of hydrogen-bond acceptors (Lipinski definition) is 9. The lowest BCUT2D eigenvalue weighted by Crippen LogP contribution is -2.50. The molecule has 2 fully saturated rings. The van der Waals surface area contributed by atoms with E-state index >= 15 is 4.21 Å². The van der Waals surface area contributed by atoms with Gasteiger partial charge in [-0.05, 0) is 110 Å². The normalized spacial score (nSPS) is 32.9. The van der Waals surface area contributed by atoms with Crippen LogP contribution in [-0.2, 0) is 38.3 Å². The molecule has 1 N–H and O–H groups in total. The second-order valence-corrected chi connectivity index (χ2v) is 19.2. The van der Waals surface area contributed by atoms with Crippen LogP contribution in [-0.4, -0.2) is 84.3 Å². The predicted octanol–water partition coefficient (Wildman–Crippen LogP) is 6.63. The van der Waals surface area contributed by atoms with Gasteiger partial charge in [-0.15, -0.1) is 9.46 Å². The van der Waals surface area contributed by atoms with E-state index in [0.29, 0.717) is 43.3 Å². The molecule has 56 heavy (non-hydrogen) atoms. The molecule has 12 nitrogen and oxygen atoms in total. The first-order valence-corrected chi connectivity index (χ1v) is 22.1. The minimum atomic E-state index is -3.70. The molecule has 2 bridgehead atoms. The molecular formula is C42H54ClN5O7S. The van der Waals surface area contributed by atoms with E-state index < -0.39 is 21.7 Å². The summed E-state index contributed by atoms with van der Waals surface area (Å²) < 4.78 is 48.5. The summed E-state index contributed by atoms with van der Waals surface area (Å²) in [6.45, 7) is 6.74. The number of aryl methyl sites for hydroxylation is 2. The van der Waals surface area contributed by atoms with Gasteiger partial charge in [-0.3, -0.25) is 19.0 Å². The Balaban J connectivity index is 1.23. The molecule has 8 rings (SSSR count). The molecule has 2 aliphatic carbocycles. The van der Waals surface area contributed by atoms with Gasteiger partial charge in [-0.2, -0.15) is 0 Å². The number of methoxy groups -OCH3 is 2. The van der Waals surface area contributed by atoms with Crippen LogP contribution in [0.4, 0.5) is 5.69 Å². The highest BCUT2D eigenvalue weighted by atomic mass is 35.5. The Hall–Kier alpha value is -3.65. The van der Waals surface area contributed by atoms with Gasteiger partial charge >= 0.3 is 0 Å². The number of anilines is 1. The Morgan fingerprint density at radius 2 is 2.00 bits per heavy atom. The van der Waals surface area contributed by atoms with E-state index in [1.54, 1.807) is 13.1 Å². The summed E-state index contributed by atoms with van der Waals surface area (Å²) in [7, 11) is 1.20. The lowest BCUT2D eigenvalue weighted by atomic mass is 9.66. The smallest absolute Gasteiger partial charge is 0.286 e. The number of aromatic nitrogens is 2. The van der Waals surface area contributed by atoms with Crippen LogP contribution in [0.5, 0.6) is 11.6 Å². The van der Waals surface area contributed by atoms with Gasteiger partial charge in [0.2, 0.25) is 5.88 Å². The Bertz CT molecular complexity index is 2120. The predicted molar refractivity (Wildman–Crippen MR) is 215 cm³/mol. The molecule has 3 aromatic rings. The van der Waals surface area contributed by atoms with Crippen LogP contribution >= 0.6 is 11.6 Å². The van der Waals surface area contributed by atoms with Crippen molar-refractivity contribution in [1.29, 1.82) is 0 Å². The first-order valence-electron chi connectivity index (χ1n) is 20.1. The van der Waals surface area contributed by atoms with E-state index in [9.17, 15) is 9.59 Å². The molecule has 1 spiro atoms. The van der Waals surface area contributed by atoms with Crippen LogP contribution in [0.25, 0.3) is 0 Å². The Labute approximate surface area is 335 Å². The van der Waals surface area contributed by atoms with Crippen molar-refractivity contribution in [1.82, 2.24) is 14.5 Å². The van der Waals surface area contributed by atoms with Crippen LogP contribution in [0.1, 0.15) is 84.2 Å². The third kappa shape index (κ3) is 7.33. The zero-order valence-corrected chi connectivity index (χ0v) is 34.6. The summed E-state index contributed by atoms with van der Waals surface area (Å²) in [5.41, 5.74) is 3.43. The first-order chi connectivity index (χ1) is 26.9. The summed E-state index contributed by atoms with van der Waals surface area (Å²) in [4.78, 5) is 30.5. The van der Waals surface area contributed by atoms with Crippen molar-refractivity contribution in [2.45, 2.75) is 76.4 Å². The third-order valence-electron chi connectivity index (χ3n) is 13.3. The number of nitrogens with one attached hydrogen (secondary N) is 1. The molecule has 3 aliphatic heterocycles. The number of rotatable bonds is 5. The summed E-state index contributed by atoms with van der Waals surface area (Å²) >= 11 is 6.50. The molecule has 9 atom stereocenters. The molecule has 1 saturated carbocycles. The van der Waals surface area contributed by atoms with E-state index in [1.807, 2.05) is 32.2 Å². The summed E-state index contributed by atoms with van der Waals surface area (Å²) in [5.74, 6) is 0.188. The minimum absolute atomic E-state index is 0.0195. The van der Waals surface area contributed by atoms with E-state index in [-0.39, 0.29) is 52.2 Å². The second-order valence-electron chi connectivity index (χ2n) is 16.8. The highest BCUT2D eigenvalue weighted by Gasteiger charge is 2.47. The third-order valence-corrected chi connectivity index (χ3v) is 15.5. The Kier molecular flexibility index (Phi) is 10.9. The zero-order valence-electron chi connectivity index (χ0n) is 33.0. The number of carbonyl (C=O) groups is 2. The minimum Gasteiger partial charge on any atom is -0.490 e. The molecule has 2 amide bonds. The number of fused-ring (bicyclic) bond motifs is 5. The van der Waals surface area contributed by atoms with Crippen LogP contribution < -0.4 is 19.1 Å². The SMILES string of the molecule is CCC1CO[C@@H]2[C@H](C)CS(=O)(NC(=O)c3cn(C)nc3OC)=NC(=O)c3ccc4c(c3)N(C[C@@H]3CC[C@H]3[C@@H](OC)C[C@@H]12)C[C@@]1(CCCc2cc(Cl)ccc21)CO4. The van der Waals surface area contributed by atoms with E-state index in [4.69, 9.17) is 30.5 Å². The molecule has 1 saturated heterocycles. The first kappa shape index (κ1) is 39.2. The van der Waals surface area contributed by atoms with Gasteiger partial charge in [0.25, 0.3) is 11.8 Å². The molecule has 2 aromatic carbocycles. The van der Waals surface area contributed by atoms with Crippen LogP contribution in [0.15, 0.2) is 47.0 Å². The van der Waals surface area contributed by atoms with Gasteiger partial charge in [0, 0.05) is 49.4 Å². The number of nitrogens with zero attached hydrogens (tertiary/aromatic N) is 4. The fraction of sp³-hybridized carbons (Fsp3) is 0.595. The van der Waals surface area contributed by atoms with E-state index in [1.165, 1.54) is 29.1 Å². The maximum atomic E-state index is 15.1. The number of benzene rings is 2. The highest BCUT2D eigenvalue weighted by molar-refractivity contribution is 7.92. The summed E-state index contributed by atoms with van der Waals surface area (Å²) in [6.07, 6.45) is 8.12. The molecular weight excluding hydrogens is 754 g/mol. The van der Waals surface area contributed by atoms with Gasteiger partial charge in [-0.1, -0.05) is 37.9 Å². The van der Waals surface area contributed by atoms with E-state index in [2.05, 4.69) is 38.1 Å². The van der Waals surface area contributed by atoms with Crippen molar-refractivity contribution in [3.05, 3.63) is 69.9 Å². The number of carbonyl (C=O) groups excluding carboxylic acids is 2. The fourth-order valence-electron chi connectivity index (χ4n) is 10.4. The van der Waals surface area contributed by atoms with E-state index in [0.717, 1.165) is 62.2 Å². The van der Waals surface area contributed by atoms with Crippen molar-refractivity contribution >= 4 is 39.0 Å². The second kappa shape index (κ2) is 15.6. The number of amides is 2. The van der Waals surface area contributed by atoms with Gasteiger partial charge < -0.3 is 23.8 Å². The van der Waals surface area contributed by atoms with Gasteiger partial charge in [0.15, 0.2) is 0 Å². The maximum absolute atomic E-state index is 15.1. The van der Waals surface area contributed by atoms with Crippen LogP contribution in [0.3, 0.4) is 0 Å². The standard InChI is InChI=1S/C42H54ClN5O7S/c1-6-26-21-54-38-25(2)22-56(51,46-40(50)33-20-47(3)44-41(33)53-5)45-39(49)28-10-14-36-35(17-28)48(19-29-9-12-31(29)37(52-4)18-32(26)38)23-42(24-55-36)15-7-8-27-16-30(43)11-13-34(27)42/h10-11,13-14,16-17,20,25-26,29,31-32,37-38H,6-9,12,15,18-19,21-24H2,1-5H3,(H,45,46,49,50,51)/t25-,26?,29+,31-,32+,37+,38-,42+,56?/m1/s1. The van der Waals surface area contributed by atoms with Crippen molar-refractivity contribution in [2.75, 3.05) is 51.2 Å². The lowest BCUT2D eigenvalue weighted by Gasteiger charge is -2.47. The van der Waals surface area contributed by atoms with Crippen molar-refractivity contribution in [3.8, 4) is 11.6 Å². The van der Waals surface area contributed by atoms with Crippen molar-refractivity contribution in [2.24, 2.45) is 41.0 Å². The molecule has 4 heterocycles.